The summed E-state index contributed by atoms with van der Waals surface area (Å²) in [5.74, 6) is 0. The van der Waals surface area contributed by atoms with Gasteiger partial charge in [0.25, 0.3) is 6.02 Å². The van der Waals surface area contributed by atoms with Crippen molar-refractivity contribution in [2.45, 2.75) is 0 Å². The van der Waals surface area contributed by atoms with Gasteiger partial charge in [-0.05, 0) is 0 Å². The zero-order valence-electron chi connectivity index (χ0n) is 4.54. The quantitative estimate of drug-likeness (QED) is 0.305. The van der Waals surface area contributed by atoms with Crippen molar-refractivity contribution in [3.8, 4) is 0 Å². The summed E-state index contributed by atoms with van der Waals surface area (Å²) in [6.45, 7) is 0. The molecule has 0 aliphatic carbocycles. The number of ether oxygens (including phenoxy) is 1. The third kappa shape index (κ3) is 5.01. The molecule has 54 valence electrons. The third-order valence-corrected chi connectivity index (χ3v) is 0.806. The molecule has 0 bridgehead atoms. The number of nitrogens with two attached hydrogens (primary N) is 1. The summed E-state index contributed by atoms with van der Waals surface area (Å²) < 4.78 is 37.0. The van der Waals surface area contributed by atoms with E-state index in [1.165, 1.54) is 0 Å². The molecular weight excluding hydrogens is 151 g/mol. The van der Waals surface area contributed by atoms with Gasteiger partial charge < -0.3 is 10.5 Å². The second-order valence-corrected chi connectivity index (χ2v) is 2.05. The fraction of sp³-hybridized carbons (Fsp3) is 0.500. The molecule has 0 unspecified atom stereocenters. The molecule has 5 nitrogen and oxygen atoms in total. The molecule has 2 N–H and O–H groups in total. The summed E-state index contributed by atoms with van der Waals surface area (Å²) in [7, 11) is -3.82. The molecule has 0 aliphatic rings. The number of hydrogen-bond donors (Lipinski definition) is 1. The highest BCUT2D eigenvalue weighted by Gasteiger charge is 2.03. The Labute approximate surface area is 51.7 Å². The van der Waals surface area contributed by atoms with Crippen LogP contribution in [0.5, 0.6) is 0 Å². The fourth-order valence-electron chi connectivity index (χ4n) is 0.145. The van der Waals surface area contributed by atoms with E-state index >= 15 is 0 Å². The average molecular weight is 156 g/mol. The van der Waals surface area contributed by atoms with E-state index in [1.807, 2.05) is 0 Å². The summed E-state index contributed by atoms with van der Waals surface area (Å²) in [4.78, 5) is 0. The Morgan fingerprint density at radius 3 is 2.33 bits per heavy atom. The lowest BCUT2D eigenvalue weighted by atomic mass is 11.2. The first kappa shape index (κ1) is 8.15. The predicted octanol–water partition coefficient (Wildman–Crippen LogP) is -0.838. The second kappa shape index (κ2) is 2.62. The SMILES string of the molecule is COC(N)=NS(=O)(=O)F. The molecule has 9 heavy (non-hydrogen) atoms. The summed E-state index contributed by atoms with van der Waals surface area (Å²) in [5.41, 5.74) is 4.67. The van der Waals surface area contributed by atoms with Crippen LogP contribution in [0, 0.1) is 0 Å². The predicted molar refractivity (Wildman–Crippen MR) is 28.7 cm³/mol. The van der Waals surface area contributed by atoms with Gasteiger partial charge in [-0.25, -0.2) is 0 Å². The van der Waals surface area contributed by atoms with Gasteiger partial charge in [0.1, 0.15) is 0 Å². The summed E-state index contributed by atoms with van der Waals surface area (Å²) >= 11 is 0. The molecular formula is C2H5FN2O3S. The Balaban J connectivity index is 4.32. The van der Waals surface area contributed by atoms with E-state index < -0.39 is 16.4 Å². The molecule has 0 amide bonds. The van der Waals surface area contributed by atoms with E-state index in [-0.39, 0.29) is 0 Å². The maximum atomic E-state index is 11.5. The molecule has 0 saturated heterocycles. The number of nitrogens with zero attached hydrogens (tertiary/aromatic N) is 1. The molecule has 0 saturated carbocycles. The lowest BCUT2D eigenvalue weighted by Gasteiger charge is -1.91. The summed E-state index contributed by atoms with van der Waals surface area (Å²) in [6, 6.07) is -0.725. The van der Waals surface area contributed by atoms with E-state index in [2.05, 4.69) is 14.9 Å². The molecule has 7 heteroatoms. The maximum absolute atomic E-state index is 11.5. The second-order valence-electron chi connectivity index (χ2n) is 1.05. The molecule has 0 aromatic carbocycles. The molecule has 0 fully saturated rings. The van der Waals surface area contributed by atoms with Crippen LogP contribution in [0.15, 0.2) is 4.40 Å². The Morgan fingerprint density at radius 1 is 1.78 bits per heavy atom. The van der Waals surface area contributed by atoms with Gasteiger partial charge in [0.2, 0.25) is 0 Å². The lowest BCUT2D eigenvalue weighted by molar-refractivity contribution is 0.397. The largest absolute Gasteiger partial charge is 0.468 e. The normalized spacial score (nSPS) is 13.3. The Hall–Kier alpha value is -0.850. The van der Waals surface area contributed by atoms with Crippen LogP contribution in [0.2, 0.25) is 0 Å². The van der Waals surface area contributed by atoms with Gasteiger partial charge in [-0.1, -0.05) is 8.28 Å². The number of rotatable bonds is 1. The topological polar surface area (TPSA) is 81.8 Å². The number of halogens is 1. The van der Waals surface area contributed by atoms with Crippen LogP contribution in [0.1, 0.15) is 0 Å². The first-order chi connectivity index (χ1) is 3.95. The fourth-order valence-corrected chi connectivity index (χ4v) is 0.434. The van der Waals surface area contributed by atoms with Crippen LogP contribution in [0.3, 0.4) is 0 Å². The van der Waals surface area contributed by atoms with E-state index in [0.29, 0.717) is 0 Å². The minimum absolute atomic E-state index is 0.725. The average Bonchev–Trinajstić information content (AvgIpc) is 1.62. The van der Waals surface area contributed by atoms with Crippen molar-refractivity contribution in [1.29, 1.82) is 0 Å². The summed E-state index contributed by atoms with van der Waals surface area (Å²) in [5, 5.41) is 0. The van der Waals surface area contributed by atoms with Crippen LogP contribution >= 0.6 is 0 Å². The molecule has 0 aromatic heterocycles. The molecule has 0 aliphatic heterocycles. The van der Waals surface area contributed by atoms with Gasteiger partial charge in [-0.2, -0.15) is 8.42 Å². The lowest BCUT2D eigenvalue weighted by Crippen LogP contribution is -2.14. The van der Waals surface area contributed by atoms with Crippen LogP contribution in [0.25, 0.3) is 0 Å². The van der Waals surface area contributed by atoms with Crippen LogP contribution < -0.4 is 5.73 Å². The minimum Gasteiger partial charge on any atom is -0.468 e. The zero-order valence-corrected chi connectivity index (χ0v) is 5.35. The van der Waals surface area contributed by atoms with E-state index in [0.717, 1.165) is 7.11 Å². The number of hydrogen-bond acceptors (Lipinski definition) is 3. The van der Waals surface area contributed by atoms with Gasteiger partial charge >= 0.3 is 10.4 Å². The van der Waals surface area contributed by atoms with Crippen LogP contribution in [-0.2, 0) is 15.1 Å². The highest BCUT2D eigenvalue weighted by Crippen LogP contribution is 1.90. The Kier molecular flexibility index (Phi) is 2.38. The van der Waals surface area contributed by atoms with Gasteiger partial charge in [0.05, 0.1) is 7.11 Å². The Bertz CT molecular complexity index is 208. The van der Waals surface area contributed by atoms with Crippen molar-refractivity contribution in [2.75, 3.05) is 7.11 Å². The van der Waals surface area contributed by atoms with E-state index in [4.69, 9.17) is 0 Å². The Morgan fingerprint density at radius 2 is 2.22 bits per heavy atom. The number of methoxy groups -OCH3 is 1. The van der Waals surface area contributed by atoms with Crippen LogP contribution in [0.4, 0.5) is 3.89 Å². The smallest absolute Gasteiger partial charge is 0.422 e. The number of amidine groups is 1. The minimum atomic E-state index is -4.90. The molecule has 0 atom stereocenters. The zero-order chi connectivity index (χ0) is 7.49. The van der Waals surface area contributed by atoms with Gasteiger partial charge in [0, 0.05) is 0 Å². The highest BCUT2D eigenvalue weighted by molar-refractivity contribution is 7.85. The molecule has 0 radical (unpaired) electrons. The van der Waals surface area contributed by atoms with Gasteiger partial charge in [0.15, 0.2) is 0 Å². The first-order valence-electron chi connectivity index (χ1n) is 1.79. The van der Waals surface area contributed by atoms with Crippen molar-refractivity contribution in [3.63, 3.8) is 0 Å². The molecule has 0 spiro atoms. The van der Waals surface area contributed by atoms with E-state index in [9.17, 15) is 12.3 Å². The summed E-state index contributed by atoms with van der Waals surface area (Å²) in [6.07, 6.45) is 0. The van der Waals surface area contributed by atoms with Crippen molar-refractivity contribution in [2.24, 2.45) is 10.1 Å². The standard InChI is InChI=1S/C2H5FN2O3S/c1-8-2(4)5-9(3,6)7/h1H3,(H2,4,5). The first-order valence-corrected chi connectivity index (χ1v) is 3.14. The van der Waals surface area contributed by atoms with E-state index in [1.54, 1.807) is 0 Å². The van der Waals surface area contributed by atoms with Gasteiger partial charge in [-0.3, -0.25) is 0 Å². The maximum Gasteiger partial charge on any atom is 0.422 e. The van der Waals surface area contributed by atoms with Crippen LogP contribution in [-0.4, -0.2) is 21.5 Å². The third-order valence-electron chi connectivity index (χ3n) is 0.408. The highest BCUT2D eigenvalue weighted by atomic mass is 32.3. The van der Waals surface area contributed by atoms with Gasteiger partial charge in [-0.15, -0.1) is 0 Å². The monoisotopic (exact) mass is 156 g/mol. The molecule has 0 rings (SSSR count). The van der Waals surface area contributed by atoms with Crippen molar-refractivity contribution < 1.29 is 17.0 Å². The molecule has 0 aromatic rings. The van der Waals surface area contributed by atoms with Crippen molar-refractivity contribution in [1.82, 2.24) is 0 Å². The van der Waals surface area contributed by atoms with Crippen molar-refractivity contribution in [3.05, 3.63) is 0 Å². The van der Waals surface area contributed by atoms with Crippen molar-refractivity contribution >= 4 is 16.4 Å². The molecule has 0 heterocycles.